The van der Waals surface area contributed by atoms with Gasteiger partial charge in [0.2, 0.25) is 0 Å². The lowest BCUT2D eigenvalue weighted by Crippen LogP contribution is -2.26. The van der Waals surface area contributed by atoms with Crippen molar-refractivity contribution in [1.29, 1.82) is 5.26 Å². The molecule has 0 aliphatic carbocycles. The van der Waals surface area contributed by atoms with Gasteiger partial charge < -0.3 is 9.84 Å². The Kier molecular flexibility index (Phi) is 6.25. The van der Waals surface area contributed by atoms with Crippen LogP contribution in [0.5, 0.6) is 5.75 Å². The summed E-state index contributed by atoms with van der Waals surface area (Å²) in [6.07, 6.45) is 2.04. The molecule has 0 bridgehead atoms. The Hall–Kier alpha value is -3.66. The summed E-state index contributed by atoms with van der Waals surface area (Å²) in [5.74, 6) is -0.651. The van der Waals surface area contributed by atoms with Gasteiger partial charge in [-0.15, -0.1) is 0 Å². The van der Waals surface area contributed by atoms with Gasteiger partial charge in [-0.3, -0.25) is 4.99 Å². The highest BCUT2D eigenvalue weighted by Crippen LogP contribution is 2.37. The number of nitriles is 1. The van der Waals surface area contributed by atoms with E-state index in [1.54, 1.807) is 36.4 Å². The zero-order chi connectivity index (χ0) is 20.8. The molecule has 0 saturated carbocycles. The molecule has 7 heteroatoms. The monoisotopic (exact) mass is 393 g/mol. The molecule has 0 spiro atoms. The van der Waals surface area contributed by atoms with Crippen molar-refractivity contribution in [3.05, 3.63) is 70.8 Å². The van der Waals surface area contributed by atoms with Crippen LogP contribution in [0.25, 0.3) is 5.70 Å². The highest BCUT2D eigenvalue weighted by Gasteiger charge is 2.32. The first-order valence-corrected chi connectivity index (χ1v) is 9.24. The average Bonchev–Trinajstić information content (AvgIpc) is 2.74. The van der Waals surface area contributed by atoms with Gasteiger partial charge in [0.1, 0.15) is 11.3 Å². The normalized spacial score (nSPS) is 15.9. The van der Waals surface area contributed by atoms with Gasteiger partial charge in [0, 0.05) is 11.8 Å². The molecule has 0 fully saturated rings. The van der Waals surface area contributed by atoms with Gasteiger partial charge in [-0.05, 0) is 30.2 Å². The summed E-state index contributed by atoms with van der Waals surface area (Å²) in [6.45, 7) is 2.68. The average molecular weight is 393 g/mol. The second-order valence-electron chi connectivity index (χ2n) is 6.46. The highest BCUT2D eigenvalue weighted by atomic mass is 19.2. The fraction of sp³-hybridized carbons (Fsp3) is 0.227. The Morgan fingerprint density at radius 2 is 2.00 bits per heavy atom. The standard InChI is InChI=1S/C22H20FN3O3/c1-2-3-12-29-17-10-8-15(9-11-17)21-25-14-19(22(27)28)20(26(21)23)18-7-5-4-6-16(18)13-24/h4-11,14,21H,2-3,12H2,1H3,(H,27,28). The maximum absolute atomic E-state index is 15.4. The van der Waals surface area contributed by atoms with E-state index in [9.17, 15) is 15.2 Å². The van der Waals surface area contributed by atoms with Crippen LogP contribution >= 0.6 is 0 Å². The van der Waals surface area contributed by atoms with Gasteiger partial charge >= 0.3 is 5.97 Å². The van der Waals surface area contributed by atoms with E-state index in [4.69, 9.17) is 4.74 Å². The second kappa shape index (κ2) is 9.02. The zero-order valence-electron chi connectivity index (χ0n) is 15.9. The van der Waals surface area contributed by atoms with Gasteiger partial charge in [-0.2, -0.15) is 10.4 Å². The lowest BCUT2D eigenvalue weighted by atomic mass is 9.99. The first-order chi connectivity index (χ1) is 14.1. The summed E-state index contributed by atoms with van der Waals surface area (Å²) in [5.41, 5.74) is 0.398. The number of ether oxygens (including phenoxy) is 1. The van der Waals surface area contributed by atoms with Crippen LogP contribution in [0.4, 0.5) is 4.48 Å². The van der Waals surface area contributed by atoms with Crippen molar-refractivity contribution >= 4 is 17.9 Å². The van der Waals surface area contributed by atoms with Gasteiger partial charge in [0.05, 0.1) is 23.9 Å². The SMILES string of the molecule is CCCCOc1ccc(C2N=CC(C(=O)O)=C(c3ccccc3C#N)N2F)cc1. The van der Waals surface area contributed by atoms with E-state index in [1.807, 2.05) is 6.07 Å². The third-order valence-corrected chi connectivity index (χ3v) is 4.51. The zero-order valence-corrected chi connectivity index (χ0v) is 15.9. The van der Waals surface area contributed by atoms with Crippen LogP contribution in [0.1, 0.15) is 42.6 Å². The third kappa shape index (κ3) is 4.27. The molecule has 6 nitrogen and oxygen atoms in total. The molecule has 1 aliphatic rings. The fourth-order valence-corrected chi connectivity index (χ4v) is 2.99. The molecule has 0 aromatic heterocycles. The minimum atomic E-state index is -1.32. The minimum absolute atomic E-state index is 0.178. The number of halogens is 1. The lowest BCUT2D eigenvalue weighted by Gasteiger charge is -2.29. The second-order valence-corrected chi connectivity index (χ2v) is 6.46. The van der Waals surface area contributed by atoms with Crippen molar-refractivity contribution < 1.29 is 19.1 Å². The largest absolute Gasteiger partial charge is 0.494 e. The van der Waals surface area contributed by atoms with Crippen LogP contribution in [0, 0.1) is 11.3 Å². The molecule has 1 aliphatic heterocycles. The molecule has 2 aromatic carbocycles. The van der Waals surface area contributed by atoms with E-state index >= 15 is 4.48 Å². The Morgan fingerprint density at radius 1 is 1.28 bits per heavy atom. The molecule has 0 saturated heterocycles. The summed E-state index contributed by atoms with van der Waals surface area (Å²) in [5, 5.41) is 19.2. The number of aliphatic carboxylic acids is 1. The molecule has 2 aromatic rings. The lowest BCUT2D eigenvalue weighted by molar-refractivity contribution is -0.132. The summed E-state index contributed by atoms with van der Waals surface area (Å²) >= 11 is 0. The number of unbranched alkanes of at least 4 members (excludes halogenated alkanes) is 1. The van der Waals surface area contributed by atoms with Crippen molar-refractivity contribution in [3.8, 4) is 11.8 Å². The molecular formula is C22H20FN3O3. The molecule has 0 radical (unpaired) electrons. The van der Waals surface area contributed by atoms with Gasteiger partial charge in [-0.25, -0.2) is 4.79 Å². The number of hydrogen-bond donors (Lipinski definition) is 1. The van der Waals surface area contributed by atoms with E-state index < -0.39 is 12.1 Å². The molecule has 1 atom stereocenters. The fourth-order valence-electron chi connectivity index (χ4n) is 2.99. The number of benzene rings is 2. The van der Waals surface area contributed by atoms with E-state index in [0.717, 1.165) is 19.1 Å². The number of carboxylic acids is 1. The Balaban J connectivity index is 1.94. The van der Waals surface area contributed by atoms with Crippen LogP contribution < -0.4 is 4.74 Å². The number of rotatable bonds is 7. The Labute approximate surface area is 168 Å². The molecule has 1 heterocycles. The van der Waals surface area contributed by atoms with Crippen LogP contribution in [0.2, 0.25) is 0 Å². The Morgan fingerprint density at radius 3 is 2.66 bits per heavy atom. The molecule has 3 rings (SSSR count). The van der Waals surface area contributed by atoms with E-state index in [-0.39, 0.29) is 22.4 Å². The van der Waals surface area contributed by atoms with Gasteiger partial charge in [-0.1, -0.05) is 48.2 Å². The maximum Gasteiger partial charge on any atom is 0.339 e. The number of nitrogens with zero attached hydrogens (tertiary/aromatic N) is 3. The van der Waals surface area contributed by atoms with E-state index in [1.165, 1.54) is 12.1 Å². The number of hydrogen-bond acceptors (Lipinski definition) is 5. The summed E-state index contributed by atoms with van der Waals surface area (Å²) < 4.78 is 21.0. The minimum Gasteiger partial charge on any atom is -0.494 e. The smallest absolute Gasteiger partial charge is 0.339 e. The van der Waals surface area contributed by atoms with E-state index in [2.05, 4.69) is 11.9 Å². The Bertz CT molecular complexity index is 993. The first-order valence-electron chi connectivity index (χ1n) is 9.24. The maximum atomic E-state index is 15.4. The van der Waals surface area contributed by atoms with Crippen molar-refractivity contribution in [2.75, 3.05) is 6.61 Å². The topological polar surface area (TPSA) is 85.9 Å². The molecule has 29 heavy (non-hydrogen) atoms. The summed E-state index contributed by atoms with van der Waals surface area (Å²) in [7, 11) is 0. The number of aliphatic imine (C=N–C) groups is 1. The van der Waals surface area contributed by atoms with Crippen LogP contribution in [0.15, 0.2) is 59.1 Å². The molecule has 148 valence electrons. The van der Waals surface area contributed by atoms with Crippen LogP contribution in [-0.4, -0.2) is 29.0 Å². The van der Waals surface area contributed by atoms with Gasteiger partial charge in [0.15, 0.2) is 6.17 Å². The molecule has 1 unspecified atom stereocenters. The van der Waals surface area contributed by atoms with E-state index in [0.29, 0.717) is 23.0 Å². The van der Waals surface area contributed by atoms with Crippen LogP contribution in [-0.2, 0) is 4.79 Å². The van der Waals surface area contributed by atoms with Gasteiger partial charge in [0.25, 0.3) is 0 Å². The summed E-state index contributed by atoms with van der Waals surface area (Å²) in [4.78, 5) is 15.7. The van der Waals surface area contributed by atoms with Crippen molar-refractivity contribution in [1.82, 2.24) is 5.12 Å². The number of carbonyl (C=O) groups is 1. The van der Waals surface area contributed by atoms with Crippen molar-refractivity contribution in [2.45, 2.75) is 25.9 Å². The molecule has 1 N–H and O–H groups in total. The quantitative estimate of drug-likeness (QED) is 0.553. The molecule has 0 amide bonds. The van der Waals surface area contributed by atoms with Crippen molar-refractivity contribution in [3.63, 3.8) is 0 Å². The van der Waals surface area contributed by atoms with Crippen molar-refractivity contribution in [2.24, 2.45) is 4.99 Å². The summed E-state index contributed by atoms with van der Waals surface area (Å²) in [6, 6.07) is 15.1. The molecular weight excluding hydrogens is 373 g/mol. The third-order valence-electron chi connectivity index (χ3n) is 4.51. The number of carboxylic acid groups (broad SMARTS) is 1. The van der Waals surface area contributed by atoms with Crippen LogP contribution in [0.3, 0.4) is 0 Å². The highest BCUT2D eigenvalue weighted by molar-refractivity contribution is 6.15. The predicted molar refractivity (Wildman–Crippen MR) is 107 cm³/mol. The first kappa shape index (κ1) is 20.1. The predicted octanol–water partition coefficient (Wildman–Crippen LogP) is 4.50.